The molecule has 2 N–H and O–H groups in total. The van der Waals surface area contributed by atoms with Gasteiger partial charge in [0.05, 0.1) is 6.10 Å². The van der Waals surface area contributed by atoms with Gasteiger partial charge in [-0.15, -0.1) is 0 Å². The van der Waals surface area contributed by atoms with E-state index in [-0.39, 0.29) is 12.0 Å². The van der Waals surface area contributed by atoms with E-state index < -0.39 is 0 Å². The third kappa shape index (κ3) is 5.14. The molecule has 1 aliphatic heterocycles. The molecule has 4 nitrogen and oxygen atoms in total. The van der Waals surface area contributed by atoms with Crippen molar-refractivity contribution in [3.8, 4) is 11.1 Å². The third-order valence-electron chi connectivity index (χ3n) is 6.96. The number of carbonyl (C=O) groups excluding carboxylic acids is 1. The van der Waals surface area contributed by atoms with E-state index >= 15 is 0 Å². The number of hydrogen-bond donors (Lipinski definition) is 2. The molecule has 1 aliphatic carbocycles. The molecule has 34 heavy (non-hydrogen) atoms. The van der Waals surface area contributed by atoms with Gasteiger partial charge in [-0.25, -0.2) is 0 Å². The van der Waals surface area contributed by atoms with Crippen molar-refractivity contribution in [1.29, 1.82) is 0 Å². The zero-order valence-corrected chi connectivity index (χ0v) is 19.8. The Morgan fingerprint density at radius 2 is 1.68 bits per heavy atom. The molecule has 0 atom stereocenters. The Labute approximate surface area is 201 Å². The minimum Gasteiger partial charge on any atom is -0.393 e. The number of amides is 1. The minimum atomic E-state index is -0.151. The number of aliphatic hydroxyl groups is 1. The second kappa shape index (κ2) is 9.96. The summed E-state index contributed by atoms with van der Waals surface area (Å²) >= 11 is 0. The highest BCUT2D eigenvalue weighted by molar-refractivity contribution is 6.25. The SMILES string of the molecule is Cc1ccc(-c2ccc3c(c2)CCC=C3C(=O)Nc2ccc(CN3CCC(O)CC3)cc2)cc1. The summed E-state index contributed by atoms with van der Waals surface area (Å²) < 4.78 is 0. The zero-order chi connectivity index (χ0) is 23.5. The molecule has 0 unspecified atom stereocenters. The number of allylic oxidation sites excluding steroid dienone is 1. The molecule has 3 aromatic carbocycles. The van der Waals surface area contributed by atoms with Gasteiger partial charge in [0.2, 0.25) is 0 Å². The molecule has 174 valence electrons. The van der Waals surface area contributed by atoms with Crippen LogP contribution in [0.5, 0.6) is 0 Å². The molecule has 1 amide bonds. The van der Waals surface area contributed by atoms with Gasteiger partial charge >= 0.3 is 0 Å². The van der Waals surface area contributed by atoms with Crippen LogP contribution in [0.25, 0.3) is 16.7 Å². The molecule has 3 aromatic rings. The average Bonchev–Trinajstić information content (AvgIpc) is 2.86. The van der Waals surface area contributed by atoms with Crippen molar-refractivity contribution < 1.29 is 9.90 Å². The van der Waals surface area contributed by atoms with Gasteiger partial charge in [-0.05, 0) is 72.6 Å². The molecule has 0 aromatic heterocycles. The largest absolute Gasteiger partial charge is 0.393 e. The van der Waals surface area contributed by atoms with E-state index in [9.17, 15) is 9.90 Å². The lowest BCUT2D eigenvalue weighted by atomic mass is 9.87. The molecule has 0 saturated carbocycles. The lowest BCUT2D eigenvalue weighted by Crippen LogP contribution is -2.35. The molecular weight excluding hydrogens is 420 g/mol. The molecule has 4 heteroatoms. The van der Waals surface area contributed by atoms with Crippen LogP contribution in [-0.4, -0.2) is 35.1 Å². The van der Waals surface area contributed by atoms with Gasteiger partial charge in [0.25, 0.3) is 5.91 Å². The number of piperidine rings is 1. The number of rotatable bonds is 5. The van der Waals surface area contributed by atoms with Crippen molar-refractivity contribution in [3.05, 3.63) is 95.1 Å². The summed E-state index contributed by atoms with van der Waals surface area (Å²) in [7, 11) is 0. The van der Waals surface area contributed by atoms with Crippen molar-refractivity contribution in [2.45, 2.75) is 45.3 Å². The molecule has 1 saturated heterocycles. The Balaban J connectivity index is 1.25. The Hall–Kier alpha value is -3.21. The molecular formula is C30H32N2O2. The van der Waals surface area contributed by atoms with Crippen LogP contribution in [0.2, 0.25) is 0 Å². The van der Waals surface area contributed by atoms with E-state index in [0.717, 1.165) is 62.1 Å². The number of nitrogens with one attached hydrogen (secondary N) is 1. The fourth-order valence-corrected chi connectivity index (χ4v) is 4.91. The Morgan fingerprint density at radius 3 is 2.41 bits per heavy atom. The highest BCUT2D eigenvalue weighted by Gasteiger charge is 2.20. The van der Waals surface area contributed by atoms with E-state index in [1.807, 2.05) is 12.1 Å². The Kier molecular flexibility index (Phi) is 6.61. The van der Waals surface area contributed by atoms with Gasteiger partial charge in [-0.3, -0.25) is 9.69 Å². The number of likely N-dealkylation sites (tertiary alicyclic amines) is 1. The highest BCUT2D eigenvalue weighted by atomic mass is 16.3. The number of benzene rings is 3. The van der Waals surface area contributed by atoms with Gasteiger partial charge in [0.1, 0.15) is 0 Å². The molecule has 1 fully saturated rings. The van der Waals surface area contributed by atoms with Crippen molar-refractivity contribution in [1.82, 2.24) is 4.90 Å². The quantitative estimate of drug-likeness (QED) is 0.531. The first-order valence-corrected chi connectivity index (χ1v) is 12.3. The van der Waals surface area contributed by atoms with Gasteiger partial charge < -0.3 is 10.4 Å². The normalized spacial score (nSPS) is 16.6. The smallest absolute Gasteiger partial charge is 0.255 e. The topological polar surface area (TPSA) is 52.6 Å². The van der Waals surface area contributed by atoms with Gasteiger partial charge in [0, 0.05) is 30.9 Å². The van der Waals surface area contributed by atoms with Crippen LogP contribution in [0.1, 0.15) is 41.5 Å². The average molecular weight is 453 g/mol. The van der Waals surface area contributed by atoms with Gasteiger partial charge in [-0.1, -0.05) is 66.2 Å². The molecule has 0 bridgehead atoms. The molecule has 0 radical (unpaired) electrons. The van der Waals surface area contributed by atoms with Crippen LogP contribution in [0, 0.1) is 6.92 Å². The maximum Gasteiger partial charge on any atom is 0.255 e. The fourth-order valence-electron chi connectivity index (χ4n) is 4.91. The van der Waals surface area contributed by atoms with E-state index in [1.54, 1.807) is 0 Å². The van der Waals surface area contributed by atoms with Crippen LogP contribution >= 0.6 is 0 Å². The predicted octanol–water partition coefficient (Wildman–Crippen LogP) is 5.59. The van der Waals surface area contributed by atoms with E-state index in [0.29, 0.717) is 0 Å². The Morgan fingerprint density at radius 1 is 0.971 bits per heavy atom. The van der Waals surface area contributed by atoms with Crippen LogP contribution in [0.15, 0.2) is 72.8 Å². The van der Waals surface area contributed by atoms with E-state index in [1.165, 1.54) is 27.8 Å². The second-order valence-corrected chi connectivity index (χ2v) is 9.55. The lowest BCUT2D eigenvalue weighted by molar-refractivity contribution is -0.111. The monoisotopic (exact) mass is 452 g/mol. The predicted molar refractivity (Wildman–Crippen MR) is 139 cm³/mol. The number of hydrogen-bond acceptors (Lipinski definition) is 3. The number of aryl methyl sites for hydroxylation is 2. The summed E-state index contributed by atoms with van der Waals surface area (Å²) in [6.07, 6.45) is 5.42. The van der Waals surface area contributed by atoms with Crippen molar-refractivity contribution in [2.75, 3.05) is 18.4 Å². The molecule has 5 rings (SSSR count). The first-order chi connectivity index (χ1) is 16.5. The van der Waals surface area contributed by atoms with Gasteiger partial charge in [0.15, 0.2) is 0 Å². The summed E-state index contributed by atoms with van der Waals surface area (Å²) in [6.45, 7) is 4.83. The molecule has 0 spiro atoms. The summed E-state index contributed by atoms with van der Waals surface area (Å²) in [5.74, 6) is -0.0539. The van der Waals surface area contributed by atoms with Crippen molar-refractivity contribution >= 4 is 17.2 Å². The highest BCUT2D eigenvalue weighted by Crippen LogP contribution is 2.31. The number of fused-ring (bicyclic) bond motifs is 1. The fraction of sp³-hybridized carbons (Fsp3) is 0.300. The molecule has 2 aliphatic rings. The van der Waals surface area contributed by atoms with Crippen molar-refractivity contribution in [3.63, 3.8) is 0 Å². The first kappa shape index (κ1) is 22.6. The lowest BCUT2D eigenvalue weighted by Gasteiger charge is -2.29. The summed E-state index contributed by atoms with van der Waals surface area (Å²) in [4.78, 5) is 15.5. The number of anilines is 1. The summed E-state index contributed by atoms with van der Waals surface area (Å²) in [5.41, 5.74) is 8.70. The maximum absolute atomic E-state index is 13.1. The Bertz CT molecular complexity index is 1190. The second-order valence-electron chi connectivity index (χ2n) is 9.55. The third-order valence-corrected chi connectivity index (χ3v) is 6.96. The number of carbonyl (C=O) groups is 1. The van der Waals surface area contributed by atoms with Crippen LogP contribution in [-0.2, 0) is 17.8 Å². The standard InChI is InChI=1S/C30H32N2O2/c1-21-5-9-23(10-6-21)24-11-14-28-25(19-24)3-2-4-29(28)30(34)31-26-12-7-22(8-13-26)20-32-17-15-27(33)16-18-32/h4-14,19,27,33H,2-3,15-18,20H2,1H3,(H,31,34). The van der Waals surface area contributed by atoms with Crippen LogP contribution < -0.4 is 5.32 Å². The van der Waals surface area contributed by atoms with Gasteiger partial charge in [-0.2, -0.15) is 0 Å². The summed E-state index contributed by atoms with van der Waals surface area (Å²) in [5, 5.41) is 12.8. The minimum absolute atomic E-state index is 0.0539. The summed E-state index contributed by atoms with van der Waals surface area (Å²) in [6, 6.07) is 23.1. The first-order valence-electron chi connectivity index (χ1n) is 12.3. The number of aliphatic hydroxyl groups excluding tert-OH is 1. The maximum atomic E-state index is 13.1. The molecule has 1 heterocycles. The van der Waals surface area contributed by atoms with Crippen LogP contribution in [0.3, 0.4) is 0 Å². The van der Waals surface area contributed by atoms with Crippen LogP contribution in [0.4, 0.5) is 5.69 Å². The van der Waals surface area contributed by atoms with E-state index in [4.69, 9.17) is 0 Å². The van der Waals surface area contributed by atoms with E-state index in [2.05, 4.69) is 77.8 Å². The zero-order valence-electron chi connectivity index (χ0n) is 19.8. The van der Waals surface area contributed by atoms with Crippen molar-refractivity contribution in [2.24, 2.45) is 0 Å². The number of nitrogens with zero attached hydrogens (tertiary/aromatic N) is 1.